The van der Waals surface area contributed by atoms with Gasteiger partial charge in [-0.3, -0.25) is 4.68 Å². The van der Waals surface area contributed by atoms with Gasteiger partial charge in [-0.25, -0.2) is 0 Å². The van der Waals surface area contributed by atoms with E-state index in [1.807, 2.05) is 6.20 Å². The highest BCUT2D eigenvalue weighted by molar-refractivity contribution is 6.62. The predicted molar refractivity (Wildman–Crippen MR) is 70.9 cm³/mol. The van der Waals surface area contributed by atoms with Crippen molar-refractivity contribution in [3.8, 4) is 0 Å². The summed E-state index contributed by atoms with van der Waals surface area (Å²) < 4.78 is 14.3. The van der Waals surface area contributed by atoms with Crippen LogP contribution in [0.5, 0.6) is 0 Å². The van der Waals surface area contributed by atoms with Gasteiger partial charge in [0.1, 0.15) is 0 Å². The van der Waals surface area contributed by atoms with E-state index in [2.05, 4.69) is 37.5 Å². The zero-order valence-corrected chi connectivity index (χ0v) is 11.7. The Balaban J connectivity index is 1.91. The van der Waals surface area contributed by atoms with Crippen LogP contribution in [-0.2, 0) is 22.3 Å². The molecule has 3 heterocycles. The number of hydrogen-bond acceptors (Lipinski definition) is 3. The van der Waals surface area contributed by atoms with E-state index in [-0.39, 0.29) is 18.3 Å². The van der Waals surface area contributed by atoms with E-state index >= 15 is 0 Å². The van der Waals surface area contributed by atoms with Gasteiger partial charge in [0.05, 0.1) is 11.2 Å². The van der Waals surface area contributed by atoms with Crippen LogP contribution in [0.3, 0.4) is 0 Å². The van der Waals surface area contributed by atoms with Crippen LogP contribution in [0.15, 0.2) is 6.20 Å². The summed E-state index contributed by atoms with van der Waals surface area (Å²) in [5, 5.41) is 4.45. The summed E-state index contributed by atoms with van der Waals surface area (Å²) >= 11 is 0. The Morgan fingerprint density at radius 1 is 1.17 bits per heavy atom. The minimum Gasteiger partial charge on any atom is -0.399 e. The molecule has 0 aromatic carbocycles. The Morgan fingerprint density at radius 3 is 2.50 bits per heavy atom. The summed E-state index contributed by atoms with van der Waals surface area (Å²) in [6.45, 7) is 9.37. The van der Waals surface area contributed by atoms with Gasteiger partial charge in [-0.2, -0.15) is 5.10 Å². The molecule has 0 bridgehead atoms. The van der Waals surface area contributed by atoms with Crippen molar-refractivity contribution in [1.29, 1.82) is 0 Å². The molecular weight excluding hydrogens is 227 g/mol. The van der Waals surface area contributed by atoms with Gasteiger partial charge in [-0.1, -0.05) is 0 Å². The fourth-order valence-corrected chi connectivity index (χ4v) is 2.61. The first-order chi connectivity index (χ1) is 8.41. The average Bonchev–Trinajstić information content (AvgIpc) is 2.78. The first-order valence-electron chi connectivity index (χ1n) is 6.81. The summed E-state index contributed by atoms with van der Waals surface area (Å²) in [6.07, 6.45) is 5.46. The van der Waals surface area contributed by atoms with E-state index in [4.69, 9.17) is 9.31 Å². The highest BCUT2D eigenvalue weighted by Gasteiger charge is 2.52. The summed E-state index contributed by atoms with van der Waals surface area (Å²) in [5.74, 6) is 0. The van der Waals surface area contributed by atoms with Crippen LogP contribution in [0.4, 0.5) is 0 Å². The third kappa shape index (κ3) is 1.72. The topological polar surface area (TPSA) is 36.3 Å². The molecule has 0 radical (unpaired) electrons. The molecule has 2 aliphatic heterocycles. The highest BCUT2D eigenvalue weighted by atomic mass is 16.7. The van der Waals surface area contributed by atoms with Gasteiger partial charge in [0.2, 0.25) is 0 Å². The van der Waals surface area contributed by atoms with Crippen molar-refractivity contribution < 1.29 is 9.31 Å². The summed E-state index contributed by atoms with van der Waals surface area (Å²) in [5.41, 5.74) is 1.86. The number of aromatic nitrogens is 2. The lowest BCUT2D eigenvalue weighted by atomic mass is 9.78. The number of hydrogen-bond donors (Lipinski definition) is 0. The van der Waals surface area contributed by atoms with Crippen molar-refractivity contribution in [2.24, 2.45) is 0 Å². The van der Waals surface area contributed by atoms with Crippen molar-refractivity contribution in [3.05, 3.63) is 11.9 Å². The lowest BCUT2D eigenvalue weighted by Gasteiger charge is -2.32. The molecule has 0 saturated carbocycles. The van der Waals surface area contributed by atoms with E-state index in [0.29, 0.717) is 0 Å². The number of nitrogens with zero attached hydrogens (tertiary/aromatic N) is 2. The fraction of sp³-hybridized carbons (Fsp3) is 0.769. The number of rotatable bonds is 1. The largest absolute Gasteiger partial charge is 0.498 e. The van der Waals surface area contributed by atoms with Crippen molar-refractivity contribution in [1.82, 2.24) is 9.78 Å². The number of aryl methyl sites for hydroxylation is 1. The lowest BCUT2D eigenvalue weighted by Crippen LogP contribution is -2.41. The maximum atomic E-state index is 6.10. The van der Waals surface area contributed by atoms with Crippen LogP contribution in [-0.4, -0.2) is 28.1 Å². The highest BCUT2D eigenvalue weighted by Crippen LogP contribution is 2.36. The minimum absolute atomic E-state index is 0.267. The molecule has 1 fully saturated rings. The Bertz CT molecular complexity index is 452. The van der Waals surface area contributed by atoms with E-state index in [0.717, 1.165) is 18.4 Å². The third-order valence-corrected chi connectivity index (χ3v) is 4.52. The molecule has 1 aromatic rings. The maximum absolute atomic E-state index is 6.10. The Kier molecular flexibility index (Phi) is 2.61. The van der Waals surface area contributed by atoms with Crippen LogP contribution >= 0.6 is 0 Å². The van der Waals surface area contributed by atoms with Crippen molar-refractivity contribution in [3.63, 3.8) is 0 Å². The fourth-order valence-electron chi connectivity index (χ4n) is 2.61. The third-order valence-electron chi connectivity index (χ3n) is 4.52. The summed E-state index contributed by atoms with van der Waals surface area (Å²) in [6, 6.07) is 0. The van der Waals surface area contributed by atoms with Crippen molar-refractivity contribution >= 4 is 12.6 Å². The molecule has 0 spiro atoms. The lowest BCUT2D eigenvalue weighted by molar-refractivity contribution is 0.00578. The molecule has 18 heavy (non-hydrogen) atoms. The van der Waals surface area contributed by atoms with Crippen molar-refractivity contribution in [2.45, 2.75) is 64.7 Å². The monoisotopic (exact) mass is 248 g/mol. The zero-order chi connectivity index (χ0) is 13.0. The maximum Gasteiger partial charge on any atom is 0.498 e. The second-order valence-corrected chi connectivity index (χ2v) is 6.32. The van der Waals surface area contributed by atoms with Crippen LogP contribution in [0.2, 0.25) is 0 Å². The van der Waals surface area contributed by atoms with Crippen LogP contribution < -0.4 is 5.46 Å². The van der Waals surface area contributed by atoms with Crippen LogP contribution in [0, 0.1) is 0 Å². The van der Waals surface area contributed by atoms with E-state index < -0.39 is 0 Å². The first-order valence-corrected chi connectivity index (χ1v) is 6.81. The molecule has 0 amide bonds. The molecule has 3 rings (SSSR count). The van der Waals surface area contributed by atoms with E-state index in [1.54, 1.807) is 0 Å². The Labute approximate surface area is 109 Å². The normalized spacial score (nSPS) is 25.2. The van der Waals surface area contributed by atoms with Gasteiger partial charge in [0.25, 0.3) is 0 Å². The van der Waals surface area contributed by atoms with Gasteiger partial charge in [-0.05, 0) is 47.0 Å². The van der Waals surface area contributed by atoms with Crippen LogP contribution in [0.1, 0.15) is 46.2 Å². The Morgan fingerprint density at radius 2 is 1.83 bits per heavy atom. The van der Waals surface area contributed by atoms with Gasteiger partial charge in [-0.15, -0.1) is 0 Å². The standard InChI is InChI=1S/C13H21BN2O2/c1-12(2)13(3,4)18-14(17-12)10-9-15-16-8-6-5-7-11(10)16/h9H,5-8H2,1-4H3. The predicted octanol–water partition coefficient (Wildman–Crippen LogP) is 1.52. The van der Waals surface area contributed by atoms with Gasteiger partial charge < -0.3 is 9.31 Å². The summed E-state index contributed by atoms with van der Waals surface area (Å²) in [4.78, 5) is 0. The average molecular weight is 248 g/mol. The summed E-state index contributed by atoms with van der Waals surface area (Å²) in [7, 11) is -0.267. The minimum atomic E-state index is -0.277. The molecule has 0 unspecified atom stereocenters. The molecule has 5 heteroatoms. The van der Waals surface area contributed by atoms with Gasteiger partial charge in [0.15, 0.2) is 0 Å². The smallest absolute Gasteiger partial charge is 0.399 e. The second-order valence-electron chi connectivity index (χ2n) is 6.32. The number of fused-ring (bicyclic) bond motifs is 1. The van der Waals surface area contributed by atoms with Gasteiger partial charge in [0, 0.05) is 23.9 Å². The molecule has 0 aliphatic carbocycles. The van der Waals surface area contributed by atoms with E-state index in [1.165, 1.54) is 18.5 Å². The molecule has 1 saturated heterocycles. The second kappa shape index (κ2) is 3.84. The molecule has 1 aromatic heterocycles. The van der Waals surface area contributed by atoms with E-state index in [9.17, 15) is 0 Å². The molecule has 0 atom stereocenters. The zero-order valence-electron chi connectivity index (χ0n) is 11.7. The molecule has 2 aliphatic rings. The first kappa shape index (κ1) is 12.2. The van der Waals surface area contributed by atoms with Crippen LogP contribution in [0.25, 0.3) is 0 Å². The van der Waals surface area contributed by atoms with Gasteiger partial charge >= 0.3 is 7.12 Å². The SMILES string of the molecule is CC1(C)OB(c2cnn3c2CCCC3)OC1(C)C. The molecule has 4 nitrogen and oxygen atoms in total. The van der Waals surface area contributed by atoms with Crippen molar-refractivity contribution in [2.75, 3.05) is 0 Å². The molecule has 98 valence electrons. The molecule has 0 N–H and O–H groups in total. The Hall–Kier alpha value is -0.805. The quantitative estimate of drug-likeness (QED) is 0.707. The molecular formula is C13H21BN2O2.